The van der Waals surface area contributed by atoms with Crippen LogP contribution in [0, 0.1) is 5.92 Å². The van der Waals surface area contributed by atoms with Crippen LogP contribution in [0.5, 0.6) is 0 Å². The van der Waals surface area contributed by atoms with Crippen molar-refractivity contribution in [3.63, 3.8) is 0 Å². The maximum Gasteiger partial charge on any atom is 0.0456 e. The average Bonchev–Trinajstić information content (AvgIpc) is 2.52. The molecule has 0 saturated heterocycles. The van der Waals surface area contributed by atoms with Crippen molar-refractivity contribution in [2.45, 2.75) is 26.8 Å². The fourth-order valence-electron chi connectivity index (χ4n) is 3.21. The fraction of sp³-hybridized carbons (Fsp3) is 0.368. The third-order valence-electron chi connectivity index (χ3n) is 4.19. The van der Waals surface area contributed by atoms with E-state index in [2.05, 4.69) is 72.6 Å². The summed E-state index contributed by atoms with van der Waals surface area (Å²) >= 11 is 0. The summed E-state index contributed by atoms with van der Waals surface area (Å²) in [7, 11) is 0. The molecule has 0 fully saturated rings. The normalized spacial score (nSPS) is 17.6. The fourth-order valence-corrected chi connectivity index (χ4v) is 3.21. The standard InChI is InChI=1S/C19H24N2/c1-3-20-13-17-9-5-7-11-19(17)21-14-15(2)12-16-8-4-6-10-18(16)21/h4-11,15,20H,3,12-14H2,1-2H3. The summed E-state index contributed by atoms with van der Waals surface area (Å²) in [5.41, 5.74) is 5.56. The second-order valence-corrected chi connectivity index (χ2v) is 5.96. The summed E-state index contributed by atoms with van der Waals surface area (Å²) in [6, 6.07) is 17.6. The van der Waals surface area contributed by atoms with E-state index in [1.54, 1.807) is 0 Å². The highest BCUT2D eigenvalue weighted by Gasteiger charge is 2.23. The Hall–Kier alpha value is -1.80. The van der Waals surface area contributed by atoms with E-state index in [0.29, 0.717) is 5.92 Å². The molecule has 2 nitrogen and oxygen atoms in total. The lowest BCUT2D eigenvalue weighted by Gasteiger charge is -2.36. The first kappa shape index (κ1) is 14.2. The van der Waals surface area contributed by atoms with E-state index in [1.807, 2.05) is 0 Å². The van der Waals surface area contributed by atoms with E-state index < -0.39 is 0 Å². The lowest BCUT2D eigenvalue weighted by atomic mass is 9.93. The van der Waals surface area contributed by atoms with Gasteiger partial charge < -0.3 is 10.2 Å². The molecule has 0 saturated carbocycles. The number of para-hydroxylation sites is 2. The molecule has 0 aromatic heterocycles. The lowest BCUT2D eigenvalue weighted by molar-refractivity contribution is 0.561. The first-order valence-corrected chi connectivity index (χ1v) is 7.93. The predicted octanol–water partition coefficient (Wildman–Crippen LogP) is 4.13. The molecule has 21 heavy (non-hydrogen) atoms. The van der Waals surface area contributed by atoms with E-state index in [0.717, 1.165) is 19.6 Å². The molecule has 2 aromatic rings. The van der Waals surface area contributed by atoms with Crippen molar-refractivity contribution in [1.29, 1.82) is 0 Å². The summed E-state index contributed by atoms with van der Waals surface area (Å²) in [5.74, 6) is 0.687. The Morgan fingerprint density at radius 2 is 1.76 bits per heavy atom. The molecule has 2 heteroatoms. The van der Waals surface area contributed by atoms with Crippen LogP contribution in [0.1, 0.15) is 25.0 Å². The molecule has 0 radical (unpaired) electrons. The van der Waals surface area contributed by atoms with Crippen LogP contribution in [0.25, 0.3) is 0 Å². The Balaban J connectivity index is 2.00. The maximum absolute atomic E-state index is 3.45. The van der Waals surface area contributed by atoms with Crippen LogP contribution in [0.2, 0.25) is 0 Å². The number of nitrogens with zero attached hydrogens (tertiary/aromatic N) is 1. The van der Waals surface area contributed by atoms with E-state index in [1.165, 1.54) is 28.9 Å². The van der Waals surface area contributed by atoms with Crippen molar-refractivity contribution in [2.75, 3.05) is 18.0 Å². The maximum atomic E-state index is 3.45. The number of benzene rings is 2. The van der Waals surface area contributed by atoms with Gasteiger partial charge in [0, 0.05) is 24.5 Å². The number of hydrogen-bond acceptors (Lipinski definition) is 2. The van der Waals surface area contributed by atoms with Gasteiger partial charge in [0.2, 0.25) is 0 Å². The molecular weight excluding hydrogens is 256 g/mol. The SMILES string of the molecule is CCNCc1ccccc1N1CC(C)Cc2ccccc21. The van der Waals surface area contributed by atoms with Gasteiger partial charge >= 0.3 is 0 Å². The van der Waals surface area contributed by atoms with Crippen LogP contribution >= 0.6 is 0 Å². The number of nitrogens with one attached hydrogen (secondary N) is 1. The third-order valence-corrected chi connectivity index (χ3v) is 4.19. The molecule has 2 aromatic carbocycles. The minimum Gasteiger partial charge on any atom is -0.341 e. The summed E-state index contributed by atoms with van der Waals surface area (Å²) in [4.78, 5) is 2.50. The number of fused-ring (bicyclic) bond motifs is 1. The van der Waals surface area contributed by atoms with Crippen molar-refractivity contribution >= 4 is 11.4 Å². The predicted molar refractivity (Wildman–Crippen MR) is 90.1 cm³/mol. The lowest BCUT2D eigenvalue weighted by Crippen LogP contribution is -2.31. The van der Waals surface area contributed by atoms with Crippen molar-refractivity contribution < 1.29 is 0 Å². The van der Waals surface area contributed by atoms with Crippen LogP contribution in [0.15, 0.2) is 48.5 Å². The number of anilines is 2. The molecule has 3 rings (SSSR count). The van der Waals surface area contributed by atoms with Crippen LogP contribution < -0.4 is 10.2 Å². The number of rotatable bonds is 4. The molecule has 0 bridgehead atoms. The van der Waals surface area contributed by atoms with E-state index in [4.69, 9.17) is 0 Å². The molecule has 0 spiro atoms. The minimum atomic E-state index is 0.687. The highest BCUT2D eigenvalue weighted by molar-refractivity contribution is 5.70. The van der Waals surface area contributed by atoms with E-state index in [9.17, 15) is 0 Å². The summed E-state index contributed by atoms with van der Waals surface area (Å²) < 4.78 is 0. The zero-order valence-electron chi connectivity index (χ0n) is 13.0. The van der Waals surface area contributed by atoms with Gasteiger partial charge in [-0.3, -0.25) is 0 Å². The van der Waals surface area contributed by atoms with Crippen LogP contribution in [-0.2, 0) is 13.0 Å². The second kappa shape index (κ2) is 6.31. The van der Waals surface area contributed by atoms with Crippen molar-refractivity contribution in [3.8, 4) is 0 Å². The first-order valence-electron chi connectivity index (χ1n) is 7.93. The third kappa shape index (κ3) is 2.96. The quantitative estimate of drug-likeness (QED) is 0.906. The minimum absolute atomic E-state index is 0.687. The largest absolute Gasteiger partial charge is 0.341 e. The Labute approximate surface area is 127 Å². The monoisotopic (exact) mass is 280 g/mol. The molecule has 0 amide bonds. The molecule has 0 aliphatic carbocycles. The molecule has 1 N–H and O–H groups in total. The van der Waals surface area contributed by atoms with Gasteiger partial charge in [-0.2, -0.15) is 0 Å². The smallest absolute Gasteiger partial charge is 0.0456 e. The van der Waals surface area contributed by atoms with Gasteiger partial charge in [0.1, 0.15) is 0 Å². The van der Waals surface area contributed by atoms with Gasteiger partial charge in [-0.15, -0.1) is 0 Å². The van der Waals surface area contributed by atoms with Gasteiger partial charge in [0.05, 0.1) is 0 Å². The van der Waals surface area contributed by atoms with Gasteiger partial charge in [0.15, 0.2) is 0 Å². The Bertz CT molecular complexity index is 606. The van der Waals surface area contributed by atoms with E-state index >= 15 is 0 Å². The Morgan fingerprint density at radius 1 is 1.05 bits per heavy atom. The zero-order chi connectivity index (χ0) is 14.7. The highest BCUT2D eigenvalue weighted by Crippen LogP contribution is 2.36. The summed E-state index contributed by atoms with van der Waals surface area (Å²) in [6.45, 7) is 7.53. The first-order chi connectivity index (χ1) is 10.3. The molecule has 1 heterocycles. The van der Waals surface area contributed by atoms with Gasteiger partial charge in [0.25, 0.3) is 0 Å². The van der Waals surface area contributed by atoms with Crippen LogP contribution in [0.4, 0.5) is 11.4 Å². The topological polar surface area (TPSA) is 15.3 Å². The molecule has 110 valence electrons. The van der Waals surface area contributed by atoms with Crippen LogP contribution in [0.3, 0.4) is 0 Å². The van der Waals surface area contributed by atoms with Gasteiger partial charge in [-0.25, -0.2) is 0 Å². The molecule has 1 aliphatic rings. The average molecular weight is 280 g/mol. The zero-order valence-corrected chi connectivity index (χ0v) is 13.0. The van der Waals surface area contributed by atoms with E-state index in [-0.39, 0.29) is 0 Å². The molecule has 1 atom stereocenters. The van der Waals surface area contributed by atoms with Gasteiger partial charge in [-0.05, 0) is 42.1 Å². The van der Waals surface area contributed by atoms with Crippen molar-refractivity contribution in [1.82, 2.24) is 5.32 Å². The Kier molecular flexibility index (Phi) is 4.26. The van der Waals surface area contributed by atoms with Gasteiger partial charge in [-0.1, -0.05) is 50.2 Å². The molecule has 1 unspecified atom stereocenters. The Morgan fingerprint density at radius 3 is 2.57 bits per heavy atom. The second-order valence-electron chi connectivity index (χ2n) is 5.96. The summed E-state index contributed by atoms with van der Waals surface area (Å²) in [6.07, 6.45) is 1.18. The van der Waals surface area contributed by atoms with Crippen molar-refractivity contribution in [2.24, 2.45) is 5.92 Å². The highest BCUT2D eigenvalue weighted by atomic mass is 15.2. The van der Waals surface area contributed by atoms with Crippen LogP contribution in [-0.4, -0.2) is 13.1 Å². The number of hydrogen-bond donors (Lipinski definition) is 1. The van der Waals surface area contributed by atoms with Crippen molar-refractivity contribution in [3.05, 3.63) is 59.7 Å². The summed E-state index contributed by atoms with van der Waals surface area (Å²) in [5, 5.41) is 3.45. The molecule has 1 aliphatic heterocycles. The molecular formula is C19H24N2.